The smallest absolute Gasteiger partial charge is 0.148 e. The summed E-state index contributed by atoms with van der Waals surface area (Å²) in [5.74, 6) is 3.83. The first kappa shape index (κ1) is 21.8. The van der Waals surface area contributed by atoms with Crippen molar-refractivity contribution in [1.29, 1.82) is 0 Å². The van der Waals surface area contributed by atoms with E-state index in [-0.39, 0.29) is 0 Å². The van der Waals surface area contributed by atoms with Crippen LogP contribution in [0.1, 0.15) is 36.7 Å². The first-order chi connectivity index (χ1) is 15.5. The molecule has 5 nitrogen and oxygen atoms in total. The number of hydrogen-bond acceptors (Lipinski definition) is 4. The van der Waals surface area contributed by atoms with E-state index in [4.69, 9.17) is 19.2 Å². The molecule has 1 aromatic heterocycles. The van der Waals surface area contributed by atoms with E-state index < -0.39 is 0 Å². The normalized spacial score (nSPS) is 11.2. The topological polar surface area (TPSA) is 45.5 Å². The molecule has 0 N–H and O–H groups in total. The van der Waals surface area contributed by atoms with Crippen molar-refractivity contribution >= 4 is 11.0 Å². The number of para-hydroxylation sites is 2. The van der Waals surface area contributed by atoms with Gasteiger partial charge in [-0.15, -0.1) is 0 Å². The summed E-state index contributed by atoms with van der Waals surface area (Å²) in [6.07, 6.45) is 0. The predicted octanol–water partition coefficient (Wildman–Crippen LogP) is 6.13. The van der Waals surface area contributed by atoms with Gasteiger partial charge in [0.05, 0.1) is 24.7 Å². The van der Waals surface area contributed by atoms with Gasteiger partial charge in [0.25, 0.3) is 0 Å². The standard InChI is InChI=1S/C27H30N2O3/c1-19(2)23-14-9-20(3)17-26(23)32-18-27-28-24-7-5-6-8-25(24)29(27)15-16-31-22-12-10-21(30-4)11-13-22/h5-14,17,19H,15-16,18H2,1-4H3. The zero-order valence-electron chi connectivity index (χ0n) is 19.2. The van der Waals surface area contributed by atoms with Gasteiger partial charge in [-0.1, -0.05) is 38.1 Å². The number of benzene rings is 3. The Bertz CT molecular complexity index is 1180. The van der Waals surface area contributed by atoms with Gasteiger partial charge in [0, 0.05) is 0 Å². The summed E-state index contributed by atoms with van der Waals surface area (Å²) in [6, 6.07) is 22.2. The van der Waals surface area contributed by atoms with E-state index >= 15 is 0 Å². The molecular weight excluding hydrogens is 400 g/mol. The van der Waals surface area contributed by atoms with Gasteiger partial charge in [0.15, 0.2) is 0 Å². The summed E-state index contributed by atoms with van der Waals surface area (Å²) in [4.78, 5) is 4.84. The van der Waals surface area contributed by atoms with E-state index in [1.54, 1.807) is 7.11 Å². The Morgan fingerprint density at radius 1 is 0.906 bits per heavy atom. The lowest BCUT2D eigenvalue weighted by Gasteiger charge is -2.16. The lowest BCUT2D eigenvalue weighted by atomic mass is 10.0. The second-order valence-electron chi connectivity index (χ2n) is 8.18. The highest BCUT2D eigenvalue weighted by Gasteiger charge is 2.14. The van der Waals surface area contributed by atoms with Gasteiger partial charge in [-0.05, 0) is 66.4 Å². The van der Waals surface area contributed by atoms with Gasteiger partial charge in [0.1, 0.15) is 36.3 Å². The van der Waals surface area contributed by atoms with E-state index in [1.807, 2.05) is 42.5 Å². The molecule has 0 aliphatic heterocycles. The fourth-order valence-corrected chi connectivity index (χ4v) is 3.80. The Balaban J connectivity index is 1.52. The Morgan fingerprint density at radius 2 is 1.66 bits per heavy atom. The van der Waals surface area contributed by atoms with Crippen LogP contribution in [0.3, 0.4) is 0 Å². The van der Waals surface area contributed by atoms with Crippen LogP contribution in [-0.4, -0.2) is 23.3 Å². The molecule has 4 aromatic rings. The molecule has 0 saturated heterocycles. The second-order valence-corrected chi connectivity index (χ2v) is 8.18. The summed E-state index contributed by atoms with van der Waals surface area (Å²) in [6.45, 7) is 8.06. The molecule has 5 heteroatoms. The minimum atomic E-state index is 0.391. The van der Waals surface area contributed by atoms with Crippen molar-refractivity contribution in [3.8, 4) is 17.2 Å². The average Bonchev–Trinajstić information content (AvgIpc) is 3.15. The number of nitrogens with zero attached hydrogens (tertiary/aromatic N) is 2. The van der Waals surface area contributed by atoms with Gasteiger partial charge < -0.3 is 18.8 Å². The third-order valence-corrected chi connectivity index (χ3v) is 5.52. The van der Waals surface area contributed by atoms with E-state index in [9.17, 15) is 0 Å². The number of methoxy groups -OCH3 is 1. The molecule has 4 rings (SSSR count). The van der Waals surface area contributed by atoms with Crippen LogP contribution >= 0.6 is 0 Å². The third kappa shape index (κ3) is 4.88. The molecule has 0 radical (unpaired) electrons. The Morgan fingerprint density at radius 3 is 2.41 bits per heavy atom. The average molecular weight is 431 g/mol. The zero-order chi connectivity index (χ0) is 22.5. The molecule has 0 spiro atoms. The quantitative estimate of drug-likeness (QED) is 0.320. The van der Waals surface area contributed by atoms with Crippen LogP contribution in [0.5, 0.6) is 17.2 Å². The maximum absolute atomic E-state index is 6.29. The summed E-state index contributed by atoms with van der Waals surface area (Å²) in [7, 11) is 1.66. The van der Waals surface area contributed by atoms with Crippen LogP contribution in [0.4, 0.5) is 0 Å². The van der Waals surface area contributed by atoms with Crippen molar-refractivity contribution in [2.45, 2.75) is 39.8 Å². The number of aryl methyl sites for hydroxylation is 1. The summed E-state index contributed by atoms with van der Waals surface area (Å²) in [5, 5.41) is 0. The van der Waals surface area contributed by atoms with Crippen molar-refractivity contribution in [3.63, 3.8) is 0 Å². The monoisotopic (exact) mass is 430 g/mol. The molecule has 0 saturated carbocycles. The molecular formula is C27H30N2O3. The molecule has 0 unspecified atom stereocenters. The number of ether oxygens (including phenoxy) is 3. The maximum Gasteiger partial charge on any atom is 0.148 e. The van der Waals surface area contributed by atoms with Crippen molar-refractivity contribution in [2.24, 2.45) is 0 Å². The highest BCUT2D eigenvalue weighted by molar-refractivity contribution is 5.75. The van der Waals surface area contributed by atoms with Crippen LogP contribution < -0.4 is 14.2 Å². The number of aromatic nitrogens is 2. The zero-order valence-corrected chi connectivity index (χ0v) is 19.2. The van der Waals surface area contributed by atoms with Crippen LogP contribution in [0.2, 0.25) is 0 Å². The van der Waals surface area contributed by atoms with Crippen molar-refractivity contribution in [1.82, 2.24) is 9.55 Å². The largest absolute Gasteiger partial charge is 0.497 e. The lowest BCUT2D eigenvalue weighted by molar-refractivity contribution is 0.270. The van der Waals surface area contributed by atoms with Crippen LogP contribution in [0.25, 0.3) is 11.0 Å². The van der Waals surface area contributed by atoms with Gasteiger partial charge in [-0.2, -0.15) is 0 Å². The molecule has 166 valence electrons. The Hall–Kier alpha value is -3.47. The highest BCUT2D eigenvalue weighted by Crippen LogP contribution is 2.28. The van der Waals surface area contributed by atoms with Gasteiger partial charge in [-0.25, -0.2) is 4.98 Å². The van der Waals surface area contributed by atoms with Gasteiger partial charge in [0.2, 0.25) is 0 Å². The predicted molar refractivity (Wildman–Crippen MR) is 128 cm³/mol. The van der Waals surface area contributed by atoms with Crippen LogP contribution in [-0.2, 0) is 13.2 Å². The number of fused-ring (bicyclic) bond motifs is 1. The Kier molecular flexibility index (Phi) is 6.64. The van der Waals surface area contributed by atoms with E-state index in [2.05, 4.69) is 49.6 Å². The summed E-state index contributed by atoms with van der Waals surface area (Å²) < 4.78 is 19.6. The van der Waals surface area contributed by atoms with Crippen LogP contribution in [0.15, 0.2) is 66.7 Å². The molecule has 32 heavy (non-hydrogen) atoms. The summed E-state index contributed by atoms with van der Waals surface area (Å²) in [5.41, 5.74) is 4.44. The van der Waals surface area contributed by atoms with Gasteiger partial charge >= 0.3 is 0 Å². The minimum absolute atomic E-state index is 0.391. The molecule has 0 fully saturated rings. The SMILES string of the molecule is COc1ccc(OCCn2c(COc3cc(C)ccc3C(C)C)nc3ccccc32)cc1. The second kappa shape index (κ2) is 9.77. The maximum atomic E-state index is 6.29. The van der Waals surface area contributed by atoms with E-state index in [0.29, 0.717) is 25.7 Å². The fourth-order valence-electron chi connectivity index (χ4n) is 3.80. The van der Waals surface area contributed by atoms with E-state index in [0.717, 1.165) is 34.1 Å². The van der Waals surface area contributed by atoms with E-state index in [1.165, 1.54) is 11.1 Å². The minimum Gasteiger partial charge on any atom is -0.497 e. The number of imidazole rings is 1. The fraction of sp³-hybridized carbons (Fsp3) is 0.296. The van der Waals surface area contributed by atoms with Crippen LogP contribution in [0, 0.1) is 6.92 Å². The first-order valence-corrected chi connectivity index (χ1v) is 11.0. The molecule has 0 bridgehead atoms. The first-order valence-electron chi connectivity index (χ1n) is 11.0. The molecule has 3 aromatic carbocycles. The lowest BCUT2D eigenvalue weighted by Crippen LogP contribution is -2.13. The van der Waals surface area contributed by atoms with Gasteiger partial charge in [-0.3, -0.25) is 0 Å². The molecule has 1 heterocycles. The third-order valence-electron chi connectivity index (χ3n) is 5.52. The van der Waals surface area contributed by atoms with Crippen molar-refractivity contribution in [2.75, 3.05) is 13.7 Å². The molecule has 0 aliphatic carbocycles. The highest BCUT2D eigenvalue weighted by atomic mass is 16.5. The molecule has 0 aliphatic rings. The van der Waals surface area contributed by atoms with Crippen molar-refractivity contribution in [3.05, 3.63) is 83.7 Å². The Labute approximate surface area is 189 Å². The van der Waals surface area contributed by atoms with Crippen molar-refractivity contribution < 1.29 is 14.2 Å². The number of rotatable bonds is 9. The molecule has 0 amide bonds. The summed E-state index contributed by atoms with van der Waals surface area (Å²) >= 11 is 0. The number of hydrogen-bond donors (Lipinski definition) is 0. The molecule has 0 atom stereocenters.